The third-order valence-electron chi connectivity index (χ3n) is 3.75. The summed E-state index contributed by atoms with van der Waals surface area (Å²) in [5.74, 6) is -3.73. The third kappa shape index (κ3) is 2.30. The summed E-state index contributed by atoms with van der Waals surface area (Å²) < 4.78 is 42.9. The van der Waals surface area contributed by atoms with Gasteiger partial charge in [-0.2, -0.15) is 18.3 Å². The predicted molar refractivity (Wildman–Crippen MR) is 73.8 cm³/mol. The van der Waals surface area contributed by atoms with Gasteiger partial charge in [0.05, 0.1) is 18.4 Å². The predicted octanol–water partition coefficient (Wildman–Crippen LogP) is 0.696. The Hall–Kier alpha value is -2.91. The Labute approximate surface area is 133 Å². The molecule has 3 rings (SSSR count). The molecule has 0 aliphatic carbocycles. The van der Waals surface area contributed by atoms with Crippen LogP contribution in [0.5, 0.6) is 0 Å². The van der Waals surface area contributed by atoms with Gasteiger partial charge in [0, 0.05) is 0 Å². The molecule has 0 aromatic heterocycles. The van der Waals surface area contributed by atoms with E-state index in [4.69, 9.17) is 0 Å². The molecule has 1 aromatic carbocycles. The van der Waals surface area contributed by atoms with Crippen LogP contribution in [0.25, 0.3) is 0 Å². The van der Waals surface area contributed by atoms with Crippen LogP contribution in [0.15, 0.2) is 29.4 Å². The summed E-state index contributed by atoms with van der Waals surface area (Å²) in [6, 6.07) is 2.69. The number of amides is 2. The fraction of sp³-hybridized carbons (Fsp3) is 0.286. The van der Waals surface area contributed by atoms with E-state index in [2.05, 4.69) is 15.3 Å². The Balaban J connectivity index is 1.97. The summed E-state index contributed by atoms with van der Waals surface area (Å²) in [6.45, 7) is 0. The zero-order valence-corrected chi connectivity index (χ0v) is 12.1. The van der Waals surface area contributed by atoms with Crippen molar-refractivity contribution in [2.75, 3.05) is 12.0 Å². The molecule has 2 atom stereocenters. The molecule has 0 unspecified atom stereocenters. The van der Waals surface area contributed by atoms with Crippen LogP contribution >= 0.6 is 0 Å². The molecular formula is C14H10F3N3O4. The number of hydrogen-bond acceptors (Lipinski definition) is 6. The van der Waals surface area contributed by atoms with E-state index in [1.807, 2.05) is 0 Å². The van der Waals surface area contributed by atoms with E-state index in [1.54, 1.807) is 0 Å². The molecule has 1 aromatic rings. The summed E-state index contributed by atoms with van der Waals surface area (Å²) in [7, 11) is 1.09. The molecule has 126 valence electrons. The summed E-state index contributed by atoms with van der Waals surface area (Å²) in [5.41, 5.74) is 0.864. The van der Waals surface area contributed by atoms with E-state index < -0.39 is 41.5 Å². The van der Waals surface area contributed by atoms with E-state index in [0.29, 0.717) is 11.0 Å². The highest BCUT2D eigenvalue weighted by atomic mass is 19.4. The standard InChI is InChI=1S/C14H10F3N3O4/c1-24-13(23)10-8-9(18-19-10)12(22)20(11(8)21)7-4-2-3-6(5-7)14(15,16)17/h2-5,8-9,18H,1H3/t8-,9-/m1/s1. The van der Waals surface area contributed by atoms with Gasteiger partial charge in [-0.15, -0.1) is 0 Å². The Bertz CT molecular complexity index is 775. The highest BCUT2D eigenvalue weighted by molar-refractivity contribution is 6.46. The fourth-order valence-electron chi connectivity index (χ4n) is 2.64. The number of esters is 1. The molecule has 2 heterocycles. The molecule has 0 bridgehead atoms. The van der Waals surface area contributed by atoms with Crippen LogP contribution in [0.1, 0.15) is 5.56 Å². The van der Waals surface area contributed by atoms with E-state index in [9.17, 15) is 27.6 Å². The molecule has 7 nitrogen and oxygen atoms in total. The highest BCUT2D eigenvalue weighted by Crippen LogP contribution is 2.35. The van der Waals surface area contributed by atoms with Crippen molar-refractivity contribution in [2.45, 2.75) is 12.2 Å². The normalized spacial score (nSPS) is 23.0. The maximum Gasteiger partial charge on any atom is 0.416 e. The van der Waals surface area contributed by atoms with Crippen molar-refractivity contribution in [2.24, 2.45) is 11.0 Å². The molecular weight excluding hydrogens is 331 g/mol. The topological polar surface area (TPSA) is 88.1 Å². The number of fused-ring (bicyclic) bond motifs is 1. The lowest BCUT2D eigenvalue weighted by Gasteiger charge is -2.17. The lowest BCUT2D eigenvalue weighted by Crippen LogP contribution is -2.36. The number of hydrazone groups is 1. The Morgan fingerprint density at radius 3 is 2.62 bits per heavy atom. The molecule has 0 spiro atoms. The molecule has 1 saturated heterocycles. The van der Waals surface area contributed by atoms with Gasteiger partial charge in [0.2, 0.25) is 5.91 Å². The second kappa shape index (κ2) is 5.32. The van der Waals surface area contributed by atoms with Crippen molar-refractivity contribution in [1.29, 1.82) is 0 Å². The average Bonchev–Trinajstić information content (AvgIpc) is 3.07. The SMILES string of the molecule is COC(=O)C1=NN[C@H]2C(=O)N(c3cccc(C(F)(F)F)c3)C(=O)[C@@H]12. The molecule has 2 aliphatic heterocycles. The van der Waals surface area contributed by atoms with E-state index in [-0.39, 0.29) is 11.4 Å². The number of ether oxygens (including phenoxy) is 1. The monoisotopic (exact) mass is 341 g/mol. The van der Waals surface area contributed by atoms with E-state index in [1.165, 1.54) is 6.07 Å². The minimum absolute atomic E-state index is 0.222. The summed E-state index contributed by atoms with van der Waals surface area (Å²) in [6.07, 6.45) is -4.62. The molecule has 2 amide bonds. The number of rotatable bonds is 2. The maximum atomic E-state index is 12.8. The number of nitrogens with zero attached hydrogens (tertiary/aromatic N) is 2. The Kier molecular flexibility index (Phi) is 3.54. The molecule has 1 fully saturated rings. The molecule has 0 radical (unpaired) electrons. The van der Waals surface area contributed by atoms with Gasteiger partial charge >= 0.3 is 12.1 Å². The van der Waals surface area contributed by atoms with Crippen molar-refractivity contribution in [1.82, 2.24) is 5.43 Å². The fourth-order valence-corrected chi connectivity index (χ4v) is 2.64. The van der Waals surface area contributed by atoms with Crippen molar-refractivity contribution >= 4 is 29.2 Å². The number of benzene rings is 1. The second-order valence-corrected chi connectivity index (χ2v) is 5.13. The minimum Gasteiger partial charge on any atom is -0.464 e. The van der Waals surface area contributed by atoms with Gasteiger partial charge in [0.25, 0.3) is 5.91 Å². The quantitative estimate of drug-likeness (QED) is 0.632. The first-order valence-electron chi connectivity index (χ1n) is 6.72. The van der Waals surface area contributed by atoms with Gasteiger partial charge in [0.1, 0.15) is 12.0 Å². The van der Waals surface area contributed by atoms with Crippen LogP contribution in [-0.4, -0.2) is 36.6 Å². The highest BCUT2D eigenvalue weighted by Gasteiger charge is 2.55. The summed E-state index contributed by atoms with van der Waals surface area (Å²) in [5, 5.41) is 3.62. The van der Waals surface area contributed by atoms with Crippen molar-refractivity contribution in [3.05, 3.63) is 29.8 Å². The van der Waals surface area contributed by atoms with Crippen molar-refractivity contribution in [3.8, 4) is 0 Å². The largest absolute Gasteiger partial charge is 0.464 e. The lowest BCUT2D eigenvalue weighted by molar-refractivity contribution is -0.137. The number of nitrogens with one attached hydrogen (secondary N) is 1. The van der Waals surface area contributed by atoms with E-state index >= 15 is 0 Å². The number of carbonyl (C=O) groups is 3. The van der Waals surface area contributed by atoms with Gasteiger partial charge in [-0.05, 0) is 18.2 Å². The van der Waals surface area contributed by atoms with Gasteiger partial charge in [-0.3, -0.25) is 15.0 Å². The number of carbonyl (C=O) groups excluding carboxylic acids is 3. The average molecular weight is 341 g/mol. The first kappa shape index (κ1) is 16.0. The molecule has 1 N–H and O–H groups in total. The smallest absolute Gasteiger partial charge is 0.416 e. The number of anilines is 1. The van der Waals surface area contributed by atoms with E-state index in [0.717, 1.165) is 19.2 Å². The molecule has 2 aliphatic rings. The molecule has 10 heteroatoms. The first-order chi connectivity index (χ1) is 11.3. The number of methoxy groups -OCH3 is 1. The van der Waals surface area contributed by atoms with Crippen LogP contribution in [0.2, 0.25) is 0 Å². The van der Waals surface area contributed by atoms with Crippen molar-refractivity contribution in [3.63, 3.8) is 0 Å². The molecule has 24 heavy (non-hydrogen) atoms. The van der Waals surface area contributed by atoms with Crippen LogP contribution < -0.4 is 10.3 Å². The number of alkyl halides is 3. The summed E-state index contributed by atoms with van der Waals surface area (Å²) in [4.78, 5) is 37.1. The van der Waals surface area contributed by atoms with Gasteiger partial charge in [-0.1, -0.05) is 6.07 Å². The number of halogens is 3. The summed E-state index contributed by atoms with van der Waals surface area (Å²) >= 11 is 0. The maximum absolute atomic E-state index is 12.8. The van der Waals surface area contributed by atoms with Gasteiger partial charge in [0.15, 0.2) is 5.71 Å². The van der Waals surface area contributed by atoms with Crippen LogP contribution in [0, 0.1) is 5.92 Å². The van der Waals surface area contributed by atoms with Gasteiger partial charge in [-0.25, -0.2) is 9.69 Å². The first-order valence-corrected chi connectivity index (χ1v) is 6.72. The second-order valence-electron chi connectivity index (χ2n) is 5.13. The van der Waals surface area contributed by atoms with Crippen molar-refractivity contribution < 1.29 is 32.3 Å². The van der Waals surface area contributed by atoms with Crippen LogP contribution in [0.3, 0.4) is 0 Å². The van der Waals surface area contributed by atoms with Crippen LogP contribution in [0.4, 0.5) is 18.9 Å². The zero-order valence-electron chi connectivity index (χ0n) is 12.1. The zero-order chi connectivity index (χ0) is 17.6. The third-order valence-corrected chi connectivity index (χ3v) is 3.75. The van der Waals surface area contributed by atoms with Gasteiger partial charge < -0.3 is 4.74 Å². The Morgan fingerprint density at radius 2 is 2.00 bits per heavy atom. The molecule has 0 saturated carbocycles. The minimum atomic E-state index is -4.62. The lowest BCUT2D eigenvalue weighted by atomic mass is 9.99. The number of imide groups is 1. The number of hydrogen-bond donors (Lipinski definition) is 1. The van der Waals surface area contributed by atoms with Crippen LogP contribution in [-0.2, 0) is 25.3 Å². The Morgan fingerprint density at radius 1 is 1.29 bits per heavy atom.